The van der Waals surface area contributed by atoms with Gasteiger partial charge in [-0.3, -0.25) is 0 Å². The van der Waals surface area contributed by atoms with E-state index in [1.54, 1.807) is 0 Å². The smallest absolute Gasteiger partial charge is 0.0465 e. The third kappa shape index (κ3) is 10.3. The van der Waals surface area contributed by atoms with Gasteiger partial charge in [0.2, 0.25) is 0 Å². The fourth-order valence-corrected chi connectivity index (χ4v) is 16.0. The van der Waals surface area contributed by atoms with E-state index < -0.39 is 7.53 Å². The van der Waals surface area contributed by atoms with E-state index in [0.717, 1.165) is 29.2 Å². The maximum absolute atomic E-state index is 2.44. The summed E-state index contributed by atoms with van der Waals surface area (Å²) >= 11 is 0. The zero-order valence-electron chi connectivity index (χ0n) is 50.9. The molecule has 3 heteroatoms. The summed E-state index contributed by atoms with van der Waals surface area (Å²) in [6.07, 6.45) is 15.1. The van der Waals surface area contributed by atoms with Gasteiger partial charge in [-0.15, -0.1) is 0 Å². The van der Waals surface area contributed by atoms with Crippen molar-refractivity contribution in [2.45, 2.75) is 86.5 Å². The Hall–Kier alpha value is -8.94. The molecule has 0 saturated heterocycles. The molecule has 10 aromatic carbocycles. The van der Waals surface area contributed by atoms with E-state index in [4.69, 9.17) is 0 Å². The van der Waals surface area contributed by atoms with Crippen molar-refractivity contribution in [3.05, 3.63) is 303 Å². The summed E-state index contributed by atoms with van der Waals surface area (Å²) in [7, 11) is -0.694. The van der Waals surface area contributed by atoms with Crippen molar-refractivity contribution in [3.63, 3.8) is 0 Å². The average molecular weight is 1120 g/mol. The Bertz CT molecular complexity index is 4380. The molecule has 0 N–H and O–H groups in total. The maximum Gasteiger partial charge on any atom is 0.0465 e. The van der Waals surface area contributed by atoms with Crippen LogP contribution in [0, 0.1) is 33.6 Å². The van der Waals surface area contributed by atoms with Crippen LogP contribution in [0.1, 0.15) is 109 Å². The molecule has 1 unspecified atom stereocenters. The lowest BCUT2D eigenvalue weighted by Crippen LogP contribution is -2.18. The number of hydrogen-bond donors (Lipinski definition) is 0. The molecule has 1 aromatic heterocycles. The average Bonchev–Trinajstić information content (AvgIpc) is 2.36. The standard InChI is InChI=1S/C82H75N2P/c1-11-75-69(71-45-41-66(52-77(71)81(75,7)8)83(62-33-18-55(3)19-34-62)63-35-20-56(4)21-36-63)43-26-54(2)17-27-59-31-47-79-73(49-59)74-50-60(32-48-80(74)85(79)68-15-13-12-14-16-68)28-29-61-30-44-70-72-46-42-67(53-78(72)82(9,10)76(70)51-61)84(64-37-22-57(5)23-38-64)65-39-24-58(6)25-40-65/h12-54H,11H2,1-10H3/b27-17+,29-28+,43-26-/t54-,85?/m0/s1. The molecule has 2 atom stereocenters. The fraction of sp³-hybridized carbons (Fsp3) is 0.171. The molecule has 1 heterocycles. The number of fused-ring (bicyclic) bond motifs is 7. The Morgan fingerprint density at radius 2 is 0.776 bits per heavy atom. The molecule has 13 rings (SSSR count). The molecule has 2 nitrogen and oxygen atoms in total. The van der Waals surface area contributed by atoms with Crippen LogP contribution in [0.4, 0.5) is 34.1 Å². The first-order valence-corrected chi connectivity index (χ1v) is 31.7. The van der Waals surface area contributed by atoms with E-state index in [0.29, 0.717) is 0 Å². The first-order chi connectivity index (χ1) is 41.1. The largest absolute Gasteiger partial charge is 0.310 e. The van der Waals surface area contributed by atoms with Crippen LogP contribution in [-0.4, -0.2) is 0 Å². The van der Waals surface area contributed by atoms with Crippen LogP contribution >= 0.6 is 7.53 Å². The summed E-state index contributed by atoms with van der Waals surface area (Å²) in [5, 5.41) is 6.93. The van der Waals surface area contributed by atoms with Gasteiger partial charge in [0.25, 0.3) is 0 Å². The highest BCUT2D eigenvalue weighted by Crippen LogP contribution is 2.56. The van der Waals surface area contributed by atoms with Crippen LogP contribution in [0.15, 0.2) is 242 Å². The highest BCUT2D eigenvalue weighted by Gasteiger charge is 2.38. The monoisotopic (exact) mass is 1120 g/mol. The summed E-state index contributed by atoms with van der Waals surface area (Å²) in [4.78, 5) is 4.79. The minimum Gasteiger partial charge on any atom is -0.310 e. The Morgan fingerprint density at radius 3 is 1.26 bits per heavy atom. The predicted molar refractivity (Wildman–Crippen MR) is 371 cm³/mol. The van der Waals surface area contributed by atoms with Crippen LogP contribution in [0.3, 0.4) is 0 Å². The van der Waals surface area contributed by atoms with Crippen LogP contribution in [0.25, 0.3) is 61.2 Å². The second kappa shape index (κ2) is 22.2. The topological polar surface area (TPSA) is 6.48 Å². The van der Waals surface area contributed by atoms with Gasteiger partial charge in [-0.1, -0.05) is 235 Å². The molecule has 0 amide bonds. The quantitative estimate of drug-likeness (QED) is 0.100. The van der Waals surface area contributed by atoms with Crippen molar-refractivity contribution in [1.82, 2.24) is 0 Å². The Morgan fingerprint density at radius 1 is 0.388 bits per heavy atom. The molecule has 0 radical (unpaired) electrons. The molecular weight excluding hydrogens is 1040 g/mol. The Kier molecular flexibility index (Phi) is 14.5. The SMILES string of the molecule is CCC1=C(/C=C\[C@@H](C)/C=C/c2ccc3c(c2)c2cc(/C=C/c4ccc5c(c4)C(C)(C)c4cc(N(c6ccc(C)cc6)c6ccc(C)cc6)ccc4-5)ccc2p3-c2ccccc2)c2ccc(N(c3ccc(C)cc3)c3ccc(C)cc3)cc2C1(C)C. The van der Waals surface area contributed by atoms with Gasteiger partial charge in [-0.2, -0.15) is 0 Å². The normalized spacial score (nSPS) is 14.7. The van der Waals surface area contributed by atoms with Gasteiger partial charge < -0.3 is 9.80 Å². The first kappa shape index (κ1) is 55.3. The van der Waals surface area contributed by atoms with Gasteiger partial charge in [0.05, 0.1) is 0 Å². The zero-order valence-corrected chi connectivity index (χ0v) is 51.8. The van der Waals surface area contributed by atoms with Gasteiger partial charge in [0.1, 0.15) is 0 Å². The maximum atomic E-state index is 2.44. The molecule has 418 valence electrons. The Balaban J connectivity index is 0.778. The minimum atomic E-state index is -0.694. The molecule has 2 aliphatic carbocycles. The van der Waals surface area contributed by atoms with Crippen LogP contribution in [0.2, 0.25) is 0 Å². The van der Waals surface area contributed by atoms with E-state index in [-0.39, 0.29) is 16.7 Å². The number of benzene rings is 10. The van der Waals surface area contributed by atoms with Crippen molar-refractivity contribution < 1.29 is 0 Å². The molecule has 0 spiro atoms. The van der Waals surface area contributed by atoms with Crippen molar-refractivity contribution in [1.29, 1.82) is 0 Å². The molecule has 11 aromatic rings. The predicted octanol–water partition coefficient (Wildman–Crippen LogP) is 24.0. The molecule has 0 aliphatic heterocycles. The van der Waals surface area contributed by atoms with Gasteiger partial charge in [-0.25, -0.2) is 0 Å². The summed E-state index contributed by atoms with van der Waals surface area (Å²) < 4.78 is 0. The van der Waals surface area contributed by atoms with Crippen LogP contribution in [-0.2, 0) is 10.8 Å². The third-order valence-corrected chi connectivity index (χ3v) is 20.8. The van der Waals surface area contributed by atoms with Gasteiger partial charge in [0.15, 0.2) is 0 Å². The highest BCUT2D eigenvalue weighted by molar-refractivity contribution is 7.67. The van der Waals surface area contributed by atoms with E-state index in [2.05, 4.69) is 334 Å². The van der Waals surface area contributed by atoms with Crippen LogP contribution in [0.5, 0.6) is 0 Å². The van der Waals surface area contributed by atoms with Crippen molar-refractivity contribution in [3.8, 4) is 16.4 Å². The van der Waals surface area contributed by atoms with E-state index in [1.165, 1.54) is 121 Å². The Labute approximate surface area is 505 Å². The number of aryl methyl sites for hydroxylation is 4. The number of rotatable bonds is 14. The van der Waals surface area contributed by atoms with Crippen molar-refractivity contribution in [2.75, 3.05) is 9.80 Å². The second-order valence-electron chi connectivity index (χ2n) is 24.9. The molecule has 0 saturated carbocycles. The van der Waals surface area contributed by atoms with E-state index in [9.17, 15) is 0 Å². The molecule has 0 bridgehead atoms. The highest BCUT2D eigenvalue weighted by atomic mass is 31.1. The summed E-state index contributed by atoms with van der Waals surface area (Å²) in [5.74, 6) is 0.226. The lowest BCUT2D eigenvalue weighted by molar-refractivity contribution is 0.617. The molecular formula is C82H75N2P. The zero-order chi connectivity index (χ0) is 58.7. The van der Waals surface area contributed by atoms with E-state index >= 15 is 0 Å². The number of anilines is 6. The molecule has 0 fully saturated rings. The number of hydrogen-bond acceptors (Lipinski definition) is 2. The van der Waals surface area contributed by atoms with Gasteiger partial charge in [0, 0.05) is 55.2 Å². The lowest BCUT2D eigenvalue weighted by atomic mass is 9.80. The second-order valence-corrected chi connectivity index (χ2v) is 27.1. The first-order valence-electron chi connectivity index (χ1n) is 30.4. The molecule has 85 heavy (non-hydrogen) atoms. The van der Waals surface area contributed by atoms with Crippen LogP contribution < -0.4 is 9.80 Å². The van der Waals surface area contributed by atoms with Crippen molar-refractivity contribution in [2.24, 2.45) is 5.92 Å². The summed E-state index contributed by atoms with van der Waals surface area (Å²) in [5.41, 5.74) is 26.3. The minimum absolute atomic E-state index is 0.104. The van der Waals surface area contributed by atoms with Crippen molar-refractivity contribution >= 4 is 86.5 Å². The van der Waals surface area contributed by atoms with Gasteiger partial charge >= 0.3 is 0 Å². The fourth-order valence-electron chi connectivity index (χ4n) is 13.5. The summed E-state index contributed by atoms with van der Waals surface area (Å²) in [6.45, 7) is 22.8. The molecule has 2 aliphatic rings. The third-order valence-electron chi connectivity index (χ3n) is 18.2. The lowest BCUT2D eigenvalue weighted by Gasteiger charge is -2.29. The van der Waals surface area contributed by atoms with Gasteiger partial charge in [-0.05, 0) is 209 Å². The summed E-state index contributed by atoms with van der Waals surface area (Å²) in [6, 6.07) is 82.3. The van der Waals surface area contributed by atoms with E-state index in [1.807, 2.05) is 0 Å². The number of allylic oxidation sites excluding steroid dienone is 5. The number of nitrogens with zero attached hydrogens (tertiary/aromatic N) is 2.